The predicted octanol–water partition coefficient (Wildman–Crippen LogP) is 9.31. The zero-order valence-electron chi connectivity index (χ0n) is 25.6. The van der Waals surface area contributed by atoms with Crippen LogP contribution in [0.2, 0.25) is 20.1 Å². The van der Waals surface area contributed by atoms with Gasteiger partial charge in [-0.3, -0.25) is 30.3 Å². The Morgan fingerprint density at radius 3 is 1.43 bits per heavy atom. The van der Waals surface area contributed by atoms with Crippen LogP contribution in [0, 0.1) is 37.3 Å². The Morgan fingerprint density at radius 2 is 1.07 bits per heavy atom. The summed E-state index contributed by atoms with van der Waals surface area (Å²) in [7, 11) is 4.28. The second kappa shape index (κ2) is 19.5. The van der Waals surface area contributed by atoms with Gasteiger partial charge in [0.25, 0.3) is 5.69 Å². The Bertz CT molecular complexity index is 1540. The highest BCUT2D eigenvalue weighted by Gasteiger charge is 2.21. The van der Waals surface area contributed by atoms with Crippen LogP contribution >= 0.6 is 46.4 Å². The molecule has 0 aromatic heterocycles. The lowest BCUT2D eigenvalue weighted by Gasteiger charge is -2.09. The zero-order valence-corrected chi connectivity index (χ0v) is 28.6. The Hall–Kier alpha value is -3.98. The lowest BCUT2D eigenvalue weighted by molar-refractivity contribution is -0.386. The van der Waals surface area contributed by atoms with Crippen LogP contribution in [0.1, 0.15) is 32.3 Å². The van der Waals surface area contributed by atoms with E-state index in [2.05, 4.69) is 0 Å². The van der Waals surface area contributed by atoms with E-state index in [-0.39, 0.29) is 54.4 Å². The number of hydrogen-bond acceptors (Lipinski definition) is 11. The van der Waals surface area contributed by atoms with Crippen molar-refractivity contribution in [3.8, 4) is 28.7 Å². The second-order valence-electron chi connectivity index (χ2n) is 8.67. The lowest BCUT2D eigenvalue weighted by atomic mass is 10.2. The maximum Gasteiger partial charge on any atom is 0.312 e. The highest BCUT2D eigenvalue weighted by atomic mass is 35.5. The van der Waals surface area contributed by atoms with E-state index in [1.807, 2.05) is 6.92 Å². The van der Waals surface area contributed by atoms with Crippen LogP contribution in [-0.4, -0.2) is 49.3 Å². The quantitative estimate of drug-likeness (QED) is 0.0987. The number of nitro groups is 3. The molecule has 0 bridgehead atoms. The highest BCUT2D eigenvalue weighted by Crippen LogP contribution is 2.40. The van der Waals surface area contributed by atoms with Crippen molar-refractivity contribution in [2.75, 3.05) is 34.5 Å². The zero-order chi connectivity index (χ0) is 35.1. The molecule has 3 aromatic carbocycles. The number of halogens is 4. The van der Waals surface area contributed by atoms with Gasteiger partial charge >= 0.3 is 11.4 Å². The van der Waals surface area contributed by atoms with E-state index in [4.69, 9.17) is 70.1 Å². The predicted molar refractivity (Wildman–Crippen MR) is 175 cm³/mol. The summed E-state index contributed by atoms with van der Waals surface area (Å²) in [6.07, 6.45) is 1.79. The molecule has 46 heavy (non-hydrogen) atoms. The van der Waals surface area contributed by atoms with Crippen LogP contribution < -0.4 is 23.7 Å². The van der Waals surface area contributed by atoms with Crippen LogP contribution in [0.3, 0.4) is 0 Å². The molecule has 0 radical (unpaired) electrons. The van der Waals surface area contributed by atoms with Gasteiger partial charge in [-0.25, -0.2) is 0 Å². The van der Waals surface area contributed by atoms with Crippen molar-refractivity contribution >= 4 is 63.5 Å². The highest BCUT2D eigenvalue weighted by molar-refractivity contribution is 6.38. The monoisotopic (exact) mass is 725 g/mol. The standard InChI is InChI=1S/C11H14ClNO4.C9H10ClNO4.C8H7Cl2NO3/c1-3-4-5-17-11-7-10(16-2)8(12)6-9(11)13(14)15;1-3-15-9-5-8(14-2)6(10)4-7(9)11(12)13;1-4-6(11(12)13)3-5(9)8(14-2)7(4)10/h6-7H,3-5H2,1-2H3;4-5H,3H2,1-2H3;3H,1-2H3. The average Bonchev–Trinajstić information content (AvgIpc) is 3.01. The number of unbranched alkanes of at least 4 members (excludes halogenated alkanes) is 1. The van der Waals surface area contributed by atoms with E-state index >= 15 is 0 Å². The Morgan fingerprint density at radius 1 is 0.630 bits per heavy atom. The molecule has 0 aliphatic carbocycles. The Balaban J connectivity index is 0.000000347. The van der Waals surface area contributed by atoms with Gasteiger partial charge in [-0.05, 0) is 20.3 Å². The second-order valence-corrected chi connectivity index (χ2v) is 10.3. The van der Waals surface area contributed by atoms with Crippen molar-refractivity contribution in [3.63, 3.8) is 0 Å². The molecule has 0 aliphatic heterocycles. The number of benzene rings is 3. The van der Waals surface area contributed by atoms with Crippen molar-refractivity contribution in [2.24, 2.45) is 0 Å². The molecule has 252 valence electrons. The minimum absolute atomic E-state index is 0.110. The molecule has 3 aromatic rings. The molecule has 0 unspecified atom stereocenters. The third-order valence-electron chi connectivity index (χ3n) is 5.71. The van der Waals surface area contributed by atoms with Crippen molar-refractivity contribution in [2.45, 2.75) is 33.6 Å². The topological polar surface area (TPSA) is 176 Å². The lowest BCUT2D eigenvalue weighted by Crippen LogP contribution is -2.01. The molecule has 3 rings (SSSR count). The summed E-state index contributed by atoms with van der Waals surface area (Å²) >= 11 is 23.2. The van der Waals surface area contributed by atoms with Gasteiger partial charge in [-0.1, -0.05) is 59.7 Å². The minimum Gasteiger partial charge on any atom is -0.495 e. The van der Waals surface area contributed by atoms with E-state index in [0.717, 1.165) is 12.8 Å². The molecule has 0 heterocycles. The van der Waals surface area contributed by atoms with Gasteiger partial charge in [0.15, 0.2) is 5.75 Å². The van der Waals surface area contributed by atoms with E-state index in [1.54, 1.807) is 13.8 Å². The maximum atomic E-state index is 10.8. The maximum absolute atomic E-state index is 10.8. The third kappa shape index (κ3) is 11.1. The van der Waals surface area contributed by atoms with E-state index in [0.29, 0.717) is 30.3 Å². The molecule has 0 saturated carbocycles. The van der Waals surface area contributed by atoms with Crippen molar-refractivity contribution < 1.29 is 38.5 Å². The van der Waals surface area contributed by atoms with Crippen molar-refractivity contribution in [1.29, 1.82) is 0 Å². The summed E-state index contributed by atoms with van der Waals surface area (Å²) in [5.74, 6) is 1.32. The van der Waals surface area contributed by atoms with E-state index < -0.39 is 14.8 Å². The SMILES string of the molecule is CCCCOc1cc(OC)c(Cl)cc1[N+](=O)[O-].CCOc1cc(OC)c(Cl)cc1[N+](=O)[O-].COc1c(Cl)cc([N+](=O)[O-])c(C)c1Cl. The fourth-order valence-electron chi connectivity index (χ4n) is 3.42. The first-order valence-corrected chi connectivity index (χ1v) is 14.7. The Kier molecular flexibility index (Phi) is 17.0. The molecule has 0 aliphatic rings. The van der Waals surface area contributed by atoms with Crippen molar-refractivity contribution in [1.82, 2.24) is 0 Å². The molecule has 0 spiro atoms. The van der Waals surface area contributed by atoms with Gasteiger partial charge in [0.2, 0.25) is 11.5 Å². The largest absolute Gasteiger partial charge is 0.495 e. The summed E-state index contributed by atoms with van der Waals surface area (Å²) in [4.78, 5) is 30.5. The molecule has 0 fully saturated rings. The summed E-state index contributed by atoms with van der Waals surface area (Å²) < 4.78 is 25.3. The van der Waals surface area contributed by atoms with Gasteiger partial charge in [-0.2, -0.15) is 0 Å². The fraction of sp³-hybridized carbons (Fsp3) is 0.357. The number of methoxy groups -OCH3 is 3. The summed E-state index contributed by atoms with van der Waals surface area (Å²) in [5, 5.41) is 32.8. The molecule has 0 atom stereocenters. The average molecular weight is 727 g/mol. The van der Waals surface area contributed by atoms with Gasteiger partial charge in [-0.15, -0.1) is 0 Å². The number of nitro benzene ring substituents is 3. The molecule has 18 heteroatoms. The molecular weight excluding hydrogens is 696 g/mol. The Labute approximate surface area is 284 Å². The number of hydrogen-bond donors (Lipinski definition) is 0. The van der Waals surface area contributed by atoms with Gasteiger partial charge in [0, 0.05) is 35.9 Å². The van der Waals surface area contributed by atoms with Gasteiger partial charge in [0.1, 0.15) is 11.5 Å². The van der Waals surface area contributed by atoms with Gasteiger partial charge in [0.05, 0.1) is 69.4 Å². The molecule has 14 nitrogen and oxygen atoms in total. The van der Waals surface area contributed by atoms with Crippen LogP contribution in [0.4, 0.5) is 17.1 Å². The van der Waals surface area contributed by atoms with Gasteiger partial charge < -0.3 is 23.7 Å². The van der Waals surface area contributed by atoms with Crippen LogP contribution in [0.25, 0.3) is 0 Å². The number of rotatable bonds is 12. The molecular formula is C28H31Cl4N3O11. The van der Waals surface area contributed by atoms with Crippen LogP contribution in [0.5, 0.6) is 28.7 Å². The first-order valence-electron chi connectivity index (χ1n) is 13.1. The van der Waals surface area contributed by atoms with Crippen molar-refractivity contribution in [3.05, 3.63) is 86.3 Å². The van der Waals surface area contributed by atoms with E-state index in [1.165, 1.54) is 51.7 Å². The summed E-state index contributed by atoms with van der Waals surface area (Å²) in [5.41, 5.74) is -0.0757. The van der Waals surface area contributed by atoms with Crippen LogP contribution in [0.15, 0.2) is 30.3 Å². The molecule has 0 saturated heterocycles. The van der Waals surface area contributed by atoms with Crippen LogP contribution in [-0.2, 0) is 0 Å². The van der Waals surface area contributed by atoms with E-state index in [9.17, 15) is 30.3 Å². The fourth-order valence-corrected chi connectivity index (χ4v) is 4.49. The minimum atomic E-state index is -0.545. The first-order chi connectivity index (χ1) is 21.7. The number of nitrogens with zero attached hydrogens (tertiary/aromatic N) is 3. The normalized spacial score (nSPS) is 9.96. The number of ether oxygens (including phenoxy) is 5. The summed E-state index contributed by atoms with van der Waals surface area (Å²) in [6, 6.07) is 6.52. The molecule has 0 amide bonds. The molecule has 0 N–H and O–H groups in total. The smallest absolute Gasteiger partial charge is 0.312 e. The first kappa shape index (κ1) is 40.0. The summed E-state index contributed by atoms with van der Waals surface area (Å²) in [6.45, 7) is 6.07. The third-order valence-corrected chi connectivity index (χ3v) is 7.04.